The molecule has 0 aliphatic rings. The van der Waals surface area contributed by atoms with Crippen LogP contribution in [0, 0.1) is 0 Å². The van der Waals surface area contributed by atoms with Gasteiger partial charge in [-0.3, -0.25) is 9.32 Å². The number of phosphoric acid groups is 1. The third kappa shape index (κ3) is 34.6. The molecule has 0 radical (unpaired) electrons. The highest BCUT2D eigenvalue weighted by Gasteiger charge is 2.25. The molecule has 0 saturated heterocycles. The summed E-state index contributed by atoms with van der Waals surface area (Å²) in [6.45, 7) is 4.09. The predicted octanol–water partition coefficient (Wildman–Crippen LogP) is 11.2. The number of aliphatic hydroxyl groups is 1. The van der Waals surface area contributed by atoms with Crippen molar-refractivity contribution < 1.29 is 28.8 Å². The topological polar surface area (TPSA) is 116 Å². The highest BCUT2D eigenvalue weighted by atomic mass is 31.2. The normalized spacial score (nSPS) is 13.4. The van der Waals surface area contributed by atoms with Crippen LogP contribution >= 0.6 is 7.82 Å². The second-order valence-corrected chi connectivity index (χ2v) is 14.8. The SMILES string of the molecule is CCCCCCCC/C=C/CCCCCCCCCCCCCC(=O)N[C@@H](COP(=O)(O)O)[C@H](O)CCCCCCCCCCC. The maximum absolute atomic E-state index is 12.5. The number of nitrogens with one attached hydrogen (secondary N) is 1. The van der Waals surface area contributed by atoms with Crippen LogP contribution in [0.4, 0.5) is 0 Å². The van der Waals surface area contributed by atoms with E-state index in [1.54, 1.807) is 0 Å². The maximum atomic E-state index is 12.5. The number of hydrogen-bond donors (Lipinski definition) is 4. The molecule has 0 aliphatic carbocycles. The van der Waals surface area contributed by atoms with Gasteiger partial charge in [0, 0.05) is 6.42 Å². The lowest BCUT2D eigenvalue weighted by Crippen LogP contribution is -2.46. The van der Waals surface area contributed by atoms with Gasteiger partial charge >= 0.3 is 7.82 Å². The first-order valence-corrected chi connectivity index (χ1v) is 21.2. The zero-order valence-corrected chi connectivity index (χ0v) is 31.1. The van der Waals surface area contributed by atoms with Crippen molar-refractivity contribution >= 4 is 13.7 Å². The molecule has 2 atom stereocenters. The third-order valence-electron chi connectivity index (χ3n) is 9.00. The molecule has 0 bridgehead atoms. The van der Waals surface area contributed by atoms with E-state index < -0.39 is 26.6 Å². The summed E-state index contributed by atoms with van der Waals surface area (Å²) in [6.07, 6.45) is 39.2. The zero-order chi connectivity index (χ0) is 34.0. The Morgan fingerprint density at radius 3 is 1.39 bits per heavy atom. The Labute approximate surface area is 284 Å². The second kappa shape index (κ2) is 34.2. The van der Waals surface area contributed by atoms with E-state index in [0.29, 0.717) is 12.8 Å². The van der Waals surface area contributed by atoms with Crippen LogP contribution < -0.4 is 5.32 Å². The quantitative estimate of drug-likeness (QED) is 0.0299. The summed E-state index contributed by atoms with van der Waals surface area (Å²) in [4.78, 5) is 30.8. The van der Waals surface area contributed by atoms with Gasteiger partial charge in [-0.25, -0.2) is 4.57 Å². The summed E-state index contributed by atoms with van der Waals surface area (Å²) in [6, 6.07) is -0.819. The van der Waals surface area contributed by atoms with Gasteiger partial charge in [0.05, 0.1) is 18.8 Å². The first-order valence-electron chi connectivity index (χ1n) is 19.6. The molecule has 1 amide bonds. The Hall–Kier alpha value is -0.720. The minimum Gasteiger partial charge on any atom is -0.391 e. The summed E-state index contributed by atoms with van der Waals surface area (Å²) in [7, 11) is -4.68. The van der Waals surface area contributed by atoms with Crippen LogP contribution in [0.1, 0.15) is 206 Å². The number of amides is 1. The number of phosphoric ester groups is 1. The molecule has 0 aromatic carbocycles. The highest BCUT2D eigenvalue weighted by molar-refractivity contribution is 7.46. The molecule has 0 saturated carbocycles. The first kappa shape index (κ1) is 45.3. The average Bonchev–Trinajstić information content (AvgIpc) is 3.02. The van der Waals surface area contributed by atoms with Crippen LogP contribution in [-0.4, -0.2) is 39.6 Å². The van der Waals surface area contributed by atoms with Crippen LogP contribution in [0.25, 0.3) is 0 Å². The van der Waals surface area contributed by atoms with Crippen molar-refractivity contribution in [2.75, 3.05) is 6.61 Å². The Morgan fingerprint density at radius 2 is 0.978 bits per heavy atom. The van der Waals surface area contributed by atoms with Gasteiger partial charge in [0.1, 0.15) is 0 Å². The standard InChI is InChI=1S/C38H76NO6P/c1-3-5-7-9-11-13-14-15-16-17-18-19-20-21-22-23-24-26-28-30-32-34-38(41)39-36(35-45-46(42,43)44)37(40)33-31-29-27-25-12-10-8-6-4-2/h15-16,36-37,40H,3-14,17-35H2,1-2H3,(H,39,41)(H2,42,43,44)/b16-15+/t36-,37+/m0/s1. The molecule has 4 N–H and O–H groups in total. The van der Waals surface area contributed by atoms with Gasteiger partial charge in [-0.05, 0) is 38.5 Å². The van der Waals surface area contributed by atoms with Crippen molar-refractivity contribution in [3.63, 3.8) is 0 Å². The van der Waals surface area contributed by atoms with E-state index in [1.807, 2.05) is 0 Å². The van der Waals surface area contributed by atoms with E-state index in [0.717, 1.165) is 38.5 Å². The van der Waals surface area contributed by atoms with E-state index in [-0.39, 0.29) is 5.91 Å². The van der Waals surface area contributed by atoms with Crippen molar-refractivity contribution in [3.05, 3.63) is 12.2 Å². The predicted molar refractivity (Wildman–Crippen MR) is 195 cm³/mol. The molecule has 0 aliphatic heterocycles. The summed E-state index contributed by atoms with van der Waals surface area (Å²) in [5, 5.41) is 13.4. The number of unbranched alkanes of at least 4 members (excludes halogenated alkanes) is 25. The van der Waals surface area contributed by atoms with Crippen molar-refractivity contribution in [2.24, 2.45) is 0 Å². The lowest BCUT2D eigenvalue weighted by Gasteiger charge is -2.24. The van der Waals surface area contributed by atoms with Gasteiger partial charge in [-0.2, -0.15) is 0 Å². The molecule has 7 nitrogen and oxygen atoms in total. The van der Waals surface area contributed by atoms with Crippen molar-refractivity contribution in [1.82, 2.24) is 5.32 Å². The summed E-state index contributed by atoms with van der Waals surface area (Å²) >= 11 is 0. The number of allylic oxidation sites excluding steroid dienone is 2. The van der Waals surface area contributed by atoms with Gasteiger partial charge in [0.15, 0.2) is 0 Å². The van der Waals surface area contributed by atoms with E-state index in [1.165, 1.54) is 141 Å². The van der Waals surface area contributed by atoms with Gasteiger partial charge in [0.2, 0.25) is 5.91 Å². The van der Waals surface area contributed by atoms with Crippen LogP contribution in [0.15, 0.2) is 12.2 Å². The fourth-order valence-electron chi connectivity index (χ4n) is 5.99. The Balaban J connectivity index is 3.83. The largest absolute Gasteiger partial charge is 0.469 e. The monoisotopic (exact) mass is 674 g/mol. The molecule has 0 aromatic heterocycles. The van der Waals surface area contributed by atoms with Gasteiger partial charge in [0.25, 0.3) is 0 Å². The van der Waals surface area contributed by atoms with Crippen LogP contribution in [0.5, 0.6) is 0 Å². The minimum atomic E-state index is -4.68. The lowest BCUT2D eigenvalue weighted by atomic mass is 10.0. The van der Waals surface area contributed by atoms with Crippen LogP contribution in [0.3, 0.4) is 0 Å². The van der Waals surface area contributed by atoms with E-state index in [9.17, 15) is 14.5 Å². The second-order valence-electron chi connectivity index (χ2n) is 13.6. The third-order valence-corrected chi connectivity index (χ3v) is 9.49. The smallest absolute Gasteiger partial charge is 0.391 e. The fourth-order valence-corrected chi connectivity index (χ4v) is 6.34. The molecule has 8 heteroatoms. The molecule has 0 fully saturated rings. The minimum absolute atomic E-state index is 0.196. The highest BCUT2D eigenvalue weighted by Crippen LogP contribution is 2.36. The van der Waals surface area contributed by atoms with E-state index in [2.05, 4.69) is 35.8 Å². The Bertz CT molecular complexity index is 728. The molecule has 0 unspecified atom stereocenters. The van der Waals surface area contributed by atoms with Gasteiger partial charge in [-0.1, -0.05) is 174 Å². The molecule has 274 valence electrons. The van der Waals surface area contributed by atoms with Crippen molar-refractivity contribution in [2.45, 2.75) is 219 Å². The maximum Gasteiger partial charge on any atom is 0.469 e. The number of hydrogen-bond acceptors (Lipinski definition) is 4. The van der Waals surface area contributed by atoms with Crippen LogP contribution in [-0.2, 0) is 13.9 Å². The average molecular weight is 674 g/mol. The molecule has 0 aromatic rings. The molecular formula is C38H76NO6P. The van der Waals surface area contributed by atoms with Crippen molar-refractivity contribution in [1.29, 1.82) is 0 Å². The molecule has 0 heterocycles. The molecule has 0 rings (SSSR count). The Morgan fingerprint density at radius 1 is 0.609 bits per heavy atom. The van der Waals surface area contributed by atoms with Gasteiger partial charge in [-0.15, -0.1) is 0 Å². The first-order chi connectivity index (χ1) is 22.3. The molecule has 0 spiro atoms. The summed E-state index contributed by atoms with van der Waals surface area (Å²) in [5.74, 6) is -0.196. The number of carbonyl (C=O) groups is 1. The zero-order valence-electron chi connectivity index (χ0n) is 30.2. The molecular weight excluding hydrogens is 597 g/mol. The fraction of sp³-hybridized carbons (Fsp3) is 0.921. The summed E-state index contributed by atoms with van der Waals surface area (Å²) in [5.41, 5.74) is 0. The van der Waals surface area contributed by atoms with E-state index >= 15 is 0 Å². The lowest BCUT2D eigenvalue weighted by molar-refractivity contribution is -0.123. The summed E-state index contributed by atoms with van der Waals surface area (Å²) < 4.78 is 15.9. The number of carbonyl (C=O) groups excluding carboxylic acids is 1. The van der Waals surface area contributed by atoms with Crippen LogP contribution in [0.2, 0.25) is 0 Å². The number of rotatable bonds is 36. The van der Waals surface area contributed by atoms with Crippen molar-refractivity contribution in [3.8, 4) is 0 Å². The van der Waals surface area contributed by atoms with E-state index in [4.69, 9.17) is 9.79 Å². The number of aliphatic hydroxyl groups excluding tert-OH is 1. The van der Waals surface area contributed by atoms with Gasteiger partial charge < -0.3 is 20.2 Å². The molecule has 46 heavy (non-hydrogen) atoms. The Kier molecular flexibility index (Phi) is 33.6.